The standard InChI is InChI=1S/C8H12N2O5S/c1-7(2)8(9,6(12)13)10-4(11)3-5(10)16(7,14)15/h5H,3,9H2,1-2H3,(H,12,13)/t5-,8+/m1/s1. The maximum atomic E-state index is 12.0. The van der Waals surface area contributed by atoms with E-state index >= 15 is 0 Å². The summed E-state index contributed by atoms with van der Waals surface area (Å²) in [7, 11) is -3.75. The lowest BCUT2D eigenvalue weighted by atomic mass is 9.91. The van der Waals surface area contributed by atoms with Gasteiger partial charge in [0.2, 0.25) is 11.6 Å². The van der Waals surface area contributed by atoms with E-state index in [0.717, 1.165) is 4.90 Å². The van der Waals surface area contributed by atoms with Crippen molar-refractivity contribution in [3.8, 4) is 0 Å². The van der Waals surface area contributed by atoms with Gasteiger partial charge in [-0.1, -0.05) is 0 Å². The molecule has 16 heavy (non-hydrogen) atoms. The first kappa shape index (κ1) is 11.3. The average molecular weight is 248 g/mol. The first-order chi connectivity index (χ1) is 7.08. The molecule has 90 valence electrons. The SMILES string of the molecule is CC1(C)[C@](N)(C(=O)O)N2C(=O)C[C@H]2S1(=O)=O. The molecule has 2 atom stereocenters. The van der Waals surface area contributed by atoms with Crippen LogP contribution in [0.4, 0.5) is 0 Å². The molecule has 2 rings (SSSR count). The lowest BCUT2D eigenvalue weighted by Crippen LogP contribution is -2.72. The number of sulfone groups is 1. The Hall–Kier alpha value is -1.15. The van der Waals surface area contributed by atoms with E-state index in [9.17, 15) is 18.0 Å². The number of nitrogens with zero attached hydrogens (tertiary/aromatic N) is 1. The lowest BCUT2D eigenvalue weighted by Gasteiger charge is -2.42. The molecule has 1 amide bonds. The number of carboxylic acids is 1. The van der Waals surface area contributed by atoms with E-state index in [0.29, 0.717) is 0 Å². The summed E-state index contributed by atoms with van der Waals surface area (Å²) in [5, 5.41) is 8.01. The second kappa shape index (κ2) is 2.57. The number of carbonyl (C=O) groups is 2. The van der Waals surface area contributed by atoms with Crippen molar-refractivity contribution in [1.29, 1.82) is 0 Å². The Labute approximate surface area is 92.1 Å². The summed E-state index contributed by atoms with van der Waals surface area (Å²) < 4.78 is 22.3. The monoisotopic (exact) mass is 248 g/mol. The van der Waals surface area contributed by atoms with Crippen molar-refractivity contribution in [1.82, 2.24) is 4.90 Å². The molecule has 2 heterocycles. The fraction of sp³-hybridized carbons (Fsp3) is 0.750. The molecule has 3 N–H and O–H groups in total. The van der Waals surface area contributed by atoms with Gasteiger partial charge in [0, 0.05) is 0 Å². The second-order valence-electron chi connectivity index (χ2n) is 4.55. The normalized spacial score (nSPS) is 39.1. The maximum absolute atomic E-state index is 12.0. The Balaban J connectivity index is 2.71. The van der Waals surface area contributed by atoms with Gasteiger partial charge in [0.15, 0.2) is 9.84 Å². The van der Waals surface area contributed by atoms with Crippen molar-refractivity contribution in [2.24, 2.45) is 5.73 Å². The van der Waals surface area contributed by atoms with Gasteiger partial charge in [-0.05, 0) is 13.8 Å². The van der Waals surface area contributed by atoms with Gasteiger partial charge >= 0.3 is 5.97 Å². The highest BCUT2D eigenvalue weighted by atomic mass is 32.2. The minimum atomic E-state index is -3.75. The molecule has 2 fully saturated rings. The minimum absolute atomic E-state index is 0.183. The molecule has 7 nitrogen and oxygen atoms in total. The van der Waals surface area contributed by atoms with Crippen molar-refractivity contribution >= 4 is 21.7 Å². The molecule has 0 unspecified atom stereocenters. The molecule has 0 radical (unpaired) electrons. The number of β-lactam (4-membered cyclic amide) rings is 1. The molecule has 0 aromatic rings. The molecular weight excluding hydrogens is 236 g/mol. The number of hydrogen-bond donors (Lipinski definition) is 2. The number of carbonyl (C=O) groups excluding carboxylic acids is 1. The number of nitrogens with two attached hydrogens (primary N) is 1. The van der Waals surface area contributed by atoms with Crippen LogP contribution in [-0.4, -0.2) is 46.1 Å². The van der Waals surface area contributed by atoms with Crippen LogP contribution in [0, 0.1) is 0 Å². The zero-order valence-electron chi connectivity index (χ0n) is 8.80. The maximum Gasteiger partial charge on any atom is 0.346 e. The minimum Gasteiger partial charge on any atom is -0.478 e. The number of hydrogen-bond acceptors (Lipinski definition) is 5. The predicted octanol–water partition coefficient (Wildman–Crippen LogP) is -1.51. The summed E-state index contributed by atoms with van der Waals surface area (Å²) in [5.41, 5.74) is 3.48. The van der Waals surface area contributed by atoms with E-state index in [2.05, 4.69) is 0 Å². The fourth-order valence-corrected chi connectivity index (χ4v) is 4.49. The molecule has 0 aromatic heterocycles. The first-order valence-corrected chi connectivity index (χ1v) is 6.21. The smallest absolute Gasteiger partial charge is 0.346 e. The summed E-state index contributed by atoms with van der Waals surface area (Å²) in [4.78, 5) is 23.3. The van der Waals surface area contributed by atoms with Crippen LogP contribution in [-0.2, 0) is 19.4 Å². The highest BCUT2D eigenvalue weighted by Crippen LogP contribution is 2.49. The molecule has 2 saturated heterocycles. The van der Waals surface area contributed by atoms with Crippen molar-refractivity contribution in [2.75, 3.05) is 0 Å². The van der Waals surface area contributed by atoms with Crippen molar-refractivity contribution < 1.29 is 23.1 Å². The molecule has 2 aliphatic heterocycles. The van der Waals surface area contributed by atoms with Crippen LogP contribution in [0.5, 0.6) is 0 Å². The number of aliphatic carboxylic acids is 1. The van der Waals surface area contributed by atoms with E-state index in [1.807, 2.05) is 0 Å². The van der Waals surface area contributed by atoms with Gasteiger partial charge in [-0.15, -0.1) is 0 Å². The van der Waals surface area contributed by atoms with Crippen LogP contribution in [0.15, 0.2) is 0 Å². The number of amides is 1. The molecular formula is C8H12N2O5S. The molecule has 0 aliphatic carbocycles. The van der Waals surface area contributed by atoms with Crippen LogP contribution in [0.1, 0.15) is 20.3 Å². The van der Waals surface area contributed by atoms with Crippen molar-refractivity contribution in [3.05, 3.63) is 0 Å². The van der Waals surface area contributed by atoms with Gasteiger partial charge in [0.25, 0.3) is 0 Å². The summed E-state index contributed by atoms with van der Waals surface area (Å²) >= 11 is 0. The van der Waals surface area contributed by atoms with Gasteiger partial charge in [0.05, 0.1) is 6.42 Å². The quantitative estimate of drug-likeness (QED) is 0.545. The number of rotatable bonds is 1. The summed E-state index contributed by atoms with van der Waals surface area (Å²) in [6, 6.07) is 0. The molecule has 0 aromatic carbocycles. The number of carboxylic acid groups (broad SMARTS) is 1. The zero-order valence-corrected chi connectivity index (χ0v) is 9.61. The van der Waals surface area contributed by atoms with Gasteiger partial charge in [-0.3, -0.25) is 15.4 Å². The largest absolute Gasteiger partial charge is 0.478 e. The van der Waals surface area contributed by atoms with Crippen molar-refractivity contribution in [3.63, 3.8) is 0 Å². The number of fused-ring (bicyclic) bond motifs is 1. The molecule has 2 aliphatic rings. The third kappa shape index (κ3) is 0.822. The van der Waals surface area contributed by atoms with Crippen LogP contribution in [0.3, 0.4) is 0 Å². The first-order valence-electron chi connectivity index (χ1n) is 4.66. The van der Waals surface area contributed by atoms with Gasteiger partial charge in [-0.2, -0.15) is 0 Å². The van der Waals surface area contributed by atoms with Crippen LogP contribution < -0.4 is 5.73 Å². The molecule has 8 heteroatoms. The van der Waals surface area contributed by atoms with E-state index in [4.69, 9.17) is 10.8 Å². The van der Waals surface area contributed by atoms with Gasteiger partial charge in [0.1, 0.15) is 10.1 Å². The lowest BCUT2D eigenvalue weighted by molar-refractivity contribution is -0.167. The average Bonchev–Trinajstić information content (AvgIpc) is 2.20. The highest BCUT2D eigenvalue weighted by molar-refractivity contribution is 7.93. The Bertz CT molecular complexity index is 497. The Morgan fingerprint density at radius 1 is 1.56 bits per heavy atom. The summed E-state index contributed by atoms with van der Waals surface area (Å²) in [5.74, 6) is -2.04. The third-order valence-corrected chi connectivity index (χ3v) is 6.43. The Kier molecular flexibility index (Phi) is 1.82. The van der Waals surface area contributed by atoms with Crippen LogP contribution in [0.25, 0.3) is 0 Å². The molecule has 0 saturated carbocycles. The zero-order chi connectivity index (χ0) is 12.5. The van der Waals surface area contributed by atoms with Gasteiger partial charge in [-0.25, -0.2) is 13.2 Å². The summed E-state index contributed by atoms with van der Waals surface area (Å²) in [6.07, 6.45) is -0.183. The van der Waals surface area contributed by atoms with E-state index in [1.165, 1.54) is 13.8 Å². The molecule has 0 spiro atoms. The highest BCUT2D eigenvalue weighted by Gasteiger charge is 2.75. The Morgan fingerprint density at radius 2 is 2.06 bits per heavy atom. The van der Waals surface area contributed by atoms with Crippen molar-refractivity contribution in [2.45, 2.75) is 36.1 Å². The van der Waals surface area contributed by atoms with Crippen LogP contribution in [0.2, 0.25) is 0 Å². The van der Waals surface area contributed by atoms with E-state index in [-0.39, 0.29) is 6.42 Å². The summed E-state index contributed by atoms with van der Waals surface area (Å²) in [6.45, 7) is 2.48. The van der Waals surface area contributed by atoms with E-state index < -0.39 is 37.5 Å². The fourth-order valence-electron chi connectivity index (χ4n) is 2.27. The van der Waals surface area contributed by atoms with E-state index in [1.54, 1.807) is 0 Å². The second-order valence-corrected chi connectivity index (χ2v) is 7.20. The van der Waals surface area contributed by atoms with Crippen LogP contribution >= 0.6 is 0 Å². The Morgan fingerprint density at radius 3 is 2.38 bits per heavy atom. The third-order valence-electron chi connectivity index (χ3n) is 3.60. The topological polar surface area (TPSA) is 118 Å². The molecule has 0 bridgehead atoms. The predicted molar refractivity (Wildman–Crippen MR) is 52.8 cm³/mol. The van der Waals surface area contributed by atoms with Gasteiger partial charge < -0.3 is 5.11 Å².